The Labute approximate surface area is 109 Å². The monoisotopic (exact) mass is 264 g/mol. The summed E-state index contributed by atoms with van der Waals surface area (Å²) < 4.78 is 11.2. The van der Waals surface area contributed by atoms with Crippen molar-refractivity contribution in [2.24, 2.45) is 0 Å². The van der Waals surface area contributed by atoms with Crippen LogP contribution in [0.3, 0.4) is 0 Å². The Hall–Kier alpha value is -1.67. The van der Waals surface area contributed by atoms with Crippen LogP contribution in [0, 0.1) is 11.3 Å². The average Bonchev–Trinajstić information content (AvgIpc) is 2.38. The first-order chi connectivity index (χ1) is 8.65. The number of carbonyl (C=O) groups is 1. The minimum absolute atomic E-state index is 0.113. The van der Waals surface area contributed by atoms with Crippen LogP contribution in [-0.2, 0) is 15.6 Å². The summed E-state index contributed by atoms with van der Waals surface area (Å²) in [6.45, 7) is 1.86. The molecule has 1 aromatic rings. The number of rotatable bonds is 6. The fourth-order valence-electron chi connectivity index (χ4n) is 1.43. The number of carbonyl (C=O) groups excluding carboxylic acids is 1. The van der Waals surface area contributed by atoms with Crippen LogP contribution in [0.15, 0.2) is 24.3 Å². The van der Waals surface area contributed by atoms with Crippen molar-refractivity contribution in [2.75, 3.05) is 16.8 Å². The second kappa shape index (κ2) is 7.62. The summed E-state index contributed by atoms with van der Waals surface area (Å²) in [5.41, 5.74) is 1.13. The van der Waals surface area contributed by atoms with Gasteiger partial charge in [0.25, 0.3) is 0 Å². The summed E-state index contributed by atoms with van der Waals surface area (Å²) in [5, 5.41) is 11.4. The van der Waals surface area contributed by atoms with Gasteiger partial charge in [-0.05, 0) is 24.6 Å². The summed E-state index contributed by atoms with van der Waals surface area (Å²) in [4.78, 5) is 11.6. The highest BCUT2D eigenvalue weighted by Crippen LogP contribution is 2.10. The molecule has 1 aromatic carbocycles. The van der Waals surface area contributed by atoms with Crippen molar-refractivity contribution in [3.05, 3.63) is 29.8 Å². The highest BCUT2D eigenvalue weighted by atomic mass is 32.2. The molecular weight excluding hydrogens is 248 g/mol. The van der Waals surface area contributed by atoms with Crippen molar-refractivity contribution in [1.29, 1.82) is 5.26 Å². The molecule has 0 heterocycles. The predicted molar refractivity (Wildman–Crippen MR) is 72.6 cm³/mol. The standard InChI is InChI=1S/C13H16N2O2S/c1-2-18(17)8-4-7-13(16)15-12-6-3-5-11(9-12)10-14/h3,5-6,9H,2,4,7-8H2,1H3,(H,15,16). The third kappa shape index (κ3) is 5.11. The largest absolute Gasteiger partial charge is 0.326 e. The number of nitriles is 1. The molecule has 0 radical (unpaired) electrons. The maximum absolute atomic E-state index is 11.6. The van der Waals surface area contributed by atoms with E-state index in [0.29, 0.717) is 35.6 Å². The van der Waals surface area contributed by atoms with E-state index < -0.39 is 10.8 Å². The highest BCUT2D eigenvalue weighted by molar-refractivity contribution is 7.84. The predicted octanol–water partition coefficient (Wildman–Crippen LogP) is 2.05. The molecule has 4 nitrogen and oxygen atoms in total. The molecule has 1 atom stereocenters. The molecule has 0 aliphatic carbocycles. The fourth-order valence-corrected chi connectivity index (χ4v) is 2.18. The molecule has 0 fully saturated rings. The molecule has 0 bridgehead atoms. The first-order valence-corrected chi connectivity index (χ1v) is 7.29. The van der Waals surface area contributed by atoms with E-state index in [2.05, 4.69) is 5.32 Å². The fraction of sp³-hybridized carbons (Fsp3) is 0.385. The molecule has 1 unspecified atom stereocenters. The minimum Gasteiger partial charge on any atom is -0.326 e. The van der Waals surface area contributed by atoms with Gasteiger partial charge in [0, 0.05) is 34.4 Å². The lowest BCUT2D eigenvalue weighted by molar-refractivity contribution is -0.116. The smallest absolute Gasteiger partial charge is 0.224 e. The van der Waals surface area contributed by atoms with Crippen LogP contribution in [-0.4, -0.2) is 21.6 Å². The van der Waals surface area contributed by atoms with Gasteiger partial charge >= 0.3 is 0 Å². The molecule has 96 valence electrons. The van der Waals surface area contributed by atoms with Crippen LogP contribution < -0.4 is 5.32 Å². The van der Waals surface area contributed by atoms with Gasteiger partial charge in [0.15, 0.2) is 0 Å². The molecule has 18 heavy (non-hydrogen) atoms. The summed E-state index contributed by atoms with van der Waals surface area (Å²) >= 11 is 0. The maximum atomic E-state index is 11.6. The number of anilines is 1. The summed E-state index contributed by atoms with van der Waals surface area (Å²) in [6.07, 6.45) is 0.965. The van der Waals surface area contributed by atoms with E-state index in [1.807, 2.05) is 13.0 Å². The van der Waals surface area contributed by atoms with Crippen LogP contribution in [0.2, 0.25) is 0 Å². The number of hydrogen-bond acceptors (Lipinski definition) is 3. The van der Waals surface area contributed by atoms with E-state index in [1.54, 1.807) is 24.3 Å². The van der Waals surface area contributed by atoms with Gasteiger partial charge in [-0.3, -0.25) is 9.00 Å². The van der Waals surface area contributed by atoms with E-state index in [4.69, 9.17) is 5.26 Å². The third-order valence-electron chi connectivity index (χ3n) is 2.37. The summed E-state index contributed by atoms with van der Waals surface area (Å²) in [7, 11) is -0.818. The van der Waals surface area contributed by atoms with E-state index in [9.17, 15) is 9.00 Å². The summed E-state index contributed by atoms with van der Waals surface area (Å²) in [6, 6.07) is 8.78. The topological polar surface area (TPSA) is 70.0 Å². The third-order valence-corrected chi connectivity index (χ3v) is 3.76. The number of benzene rings is 1. The van der Waals surface area contributed by atoms with Crippen LogP contribution in [0.1, 0.15) is 25.3 Å². The summed E-state index contributed by atoms with van der Waals surface area (Å²) in [5.74, 6) is 1.08. The Kier molecular flexibility index (Phi) is 6.09. The highest BCUT2D eigenvalue weighted by Gasteiger charge is 2.04. The molecule has 0 spiro atoms. The first kappa shape index (κ1) is 14.4. The van der Waals surface area contributed by atoms with Crippen molar-refractivity contribution in [3.63, 3.8) is 0 Å². The lowest BCUT2D eigenvalue weighted by Crippen LogP contribution is -2.13. The lowest BCUT2D eigenvalue weighted by atomic mass is 10.2. The Morgan fingerprint density at radius 1 is 1.50 bits per heavy atom. The molecule has 0 saturated heterocycles. The minimum atomic E-state index is -0.818. The molecule has 0 aromatic heterocycles. The van der Waals surface area contributed by atoms with Crippen LogP contribution in [0.25, 0.3) is 0 Å². The van der Waals surface area contributed by atoms with E-state index in [1.165, 1.54) is 0 Å². The maximum Gasteiger partial charge on any atom is 0.224 e. The van der Waals surface area contributed by atoms with Gasteiger partial charge in [0.05, 0.1) is 11.6 Å². The molecular formula is C13H16N2O2S. The van der Waals surface area contributed by atoms with Crippen LogP contribution >= 0.6 is 0 Å². The van der Waals surface area contributed by atoms with E-state index in [0.717, 1.165) is 0 Å². The number of nitrogens with one attached hydrogen (secondary N) is 1. The SMILES string of the molecule is CCS(=O)CCCC(=O)Nc1cccc(C#N)c1. The Morgan fingerprint density at radius 2 is 2.28 bits per heavy atom. The zero-order chi connectivity index (χ0) is 13.4. The van der Waals surface area contributed by atoms with Crippen molar-refractivity contribution in [2.45, 2.75) is 19.8 Å². The quantitative estimate of drug-likeness (QED) is 0.854. The first-order valence-electron chi connectivity index (χ1n) is 5.80. The van der Waals surface area contributed by atoms with Gasteiger partial charge in [-0.2, -0.15) is 5.26 Å². The van der Waals surface area contributed by atoms with Crippen molar-refractivity contribution >= 4 is 22.4 Å². The Morgan fingerprint density at radius 3 is 2.94 bits per heavy atom. The van der Waals surface area contributed by atoms with E-state index >= 15 is 0 Å². The van der Waals surface area contributed by atoms with Crippen LogP contribution in [0.5, 0.6) is 0 Å². The lowest BCUT2D eigenvalue weighted by Gasteiger charge is -2.05. The van der Waals surface area contributed by atoms with Crippen molar-refractivity contribution in [1.82, 2.24) is 0 Å². The van der Waals surface area contributed by atoms with Crippen LogP contribution in [0.4, 0.5) is 5.69 Å². The van der Waals surface area contributed by atoms with E-state index in [-0.39, 0.29) is 5.91 Å². The number of hydrogen-bond donors (Lipinski definition) is 1. The normalized spacial score (nSPS) is 11.6. The van der Waals surface area contributed by atoms with Gasteiger partial charge in [-0.1, -0.05) is 13.0 Å². The zero-order valence-electron chi connectivity index (χ0n) is 10.3. The molecule has 0 aliphatic heterocycles. The van der Waals surface area contributed by atoms with Gasteiger partial charge in [-0.25, -0.2) is 0 Å². The average molecular weight is 264 g/mol. The second-order valence-electron chi connectivity index (χ2n) is 3.78. The van der Waals surface area contributed by atoms with Crippen molar-refractivity contribution < 1.29 is 9.00 Å². The van der Waals surface area contributed by atoms with Gasteiger partial charge in [0.1, 0.15) is 0 Å². The number of nitrogens with zero attached hydrogens (tertiary/aromatic N) is 1. The molecule has 1 rings (SSSR count). The van der Waals surface area contributed by atoms with Crippen molar-refractivity contribution in [3.8, 4) is 6.07 Å². The van der Waals surface area contributed by atoms with Gasteiger partial charge < -0.3 is 5.32 Å². The Balaban J connectivity index is 2.40. The van der Waals surface area contributed by atoms with Gasteiger partial charge in [-0.15, -0.1) is 0 Å². The molecule has 1 amide bonds. The molecule has 0 saturated carbocycles. The number of amides is 1. The zero-order valence-corrected chi connectivity index (χ0v) is 11.1. The molecule has 0 aliphatic rings. The second-order valence-corrected chi connectivity index (χ2v) is 5.64. The van der Waals surface area contributed by atoms with Gasteiger partial charge in [0.2, 0.25) is 5.91 Å². The molecule has 1 N–H and O–H groups in total. The Bertz CT molecular complexity index is 480. The molecule has 5 heteroatoms.